The zero-order chi connectivity index (χ0) is 9.42. The Bertz CT molecular complexity index is 450. The maximum Gasteiger partial charge on any atom is 0.312 e. The highest BCUT2D eigenvalue weighted by Crippen LogP contribution is 2.15. The van der Waals surface area contributed by atoms with Gasteiger partial charge in [-0.2, -0.15) is 14.4 Å². The zero-order valence-corrected chi connectivity index (χ0v) is 6.82. The number of rotatable bonds is 1. The van der Waals surface area contributed by atoms with Gasteiger partial charge in [-0.3, -0.25) is 0 Å². The minimum atomic E-state index is -0.830. The minimum absolute atomic E-state index is 0.183. The Morgan fingerprint density at radius 2 is 2.31 bits per heavy atom. The monoisotopic (exact) mass is 182 g/mol. The lowest BCUT2D eigenvalue weighted by Crippen LogP contribution is -2.10. The van der Waals surface area contributed by atoms with Crippen molar-refractivity contribution < 1.29 is 4.39 Å². The zero-order valence-electron chi connectivity index (χ0n) is 6.82. The quantitative estimate of drug-likeness (QED) is 0.362. The molecule has 6 nitrogen and oxygen atoms in total. The molecule has 0 aliphatic rings. The van der Waals surface area contributed by atoms with Crippen molar-refractivity contribution in [2.45, 2.75) is 0 Å². The van der Waals surface area contributed by atoms with Gasteiger partial charge in [-0.15, -0.1) is 0 Å². The molecule has 0 atom stereocenters. The number of hydrazine groups is 1. The molecule has 0 unspecified atom stereocenters. The van der Waals surface area contributed by atoms with Crippen LogP contribution < -0.4 is 11.3 Å². The van der Waals surface area contributed by atoms with E-state index in [2.05, 4.69) is 20.4 Å². The number of aromatic nitrogens is 4. The van der Waals surface area contributed by atoms with Crippen molar-refractivity contribution in [3.8, 4) is 0 Å². The molecule has 0 fully saturated rings. The van der Waals surface area contributed by atoms with Gasteiger partial charge in [0.05, 0.1) is 6.33 Å². The van der Waals surface area contributed by atoms with Crippen molar-refractivity contribution in [1.82, 2.24) is 19.5 Å². The van der Waals surface area contributed by atoms with Crippen LogP contribution in [0.15, 0.2) is 6.33 Å². The van der Waals surface area contributed by atoms with E-state index in [4.69, 9.17) is 5.84 Å². The van der Waals surface area contributed by atoms with Crippen LogP contribution in [0.3, 0.4) is 0 Å². The molecule has 7 heteroatoms. The Kier molecular flexibility index (Phi) is 1.59. The second kappa shape index (κ2) is 2.63. The maximum atomic E-state index is 12.8. The number of nitrogens with one attached hydrogen (secondary N) is 1. The SMILES string of the molecule is Cn1cnc2c(NN)nc(F)nc21. The molecule has 0 saturated carbocycles. The molecular formula is C6H7FN6. The van der Waals surface area contributed by atoms with E-state index in [1.807, 2.05) is 0 Å². The topological polar surface area (TPSA) is 81.7 Å². The van der Waals surface area contributed by atoms with E-state index in [1.54, 1.807) is 11.6 Å². The van der Waals surface area contributed by atoms with Gasteiger partial charge in [-0.05, 0) is 0 Å². The van der Waals surface area contributed by atoms with Crippen LogP contribution in [0.4, 0.5) is 10.2 Å². The van der Waals surface area contributed by atoms with Crippen molar-refractivity contribution in [3.63, 3.8) is 0 Å². The van der Waals surface area contributed by atoms with E-state index in [1.165, 1.54) is 6.33 Å². The second-order valence-electron chi connectivity index (χ2n) is 2.51. The molecule has 68 valence electrons. The number of hydrogen-bond donors (Lipinski definition) is 2. The summed E-state index contributed by atoms with van der Waals surface area (Å²) in [5.41, 5.74) is 3.11. The Morgan fingerprint density at radius 3 is 3.00 bits per heavy atom. The first-order valence-electron chi connectivity index (χ1n) is 3.53. The molecule has 2 aromatic heterocycles. The van der Waals surface area contributed by atoms with Crippen LogP contribution in [-0.4, -0.2) is 19.5 Å². The molecule has 0 radical (unpaired) electrons. The second-order valence-corrected chi connectivity index (χ2v) is 2.51. The Morgan fingerprint density at radius 1 is 1.54 bits per heavy atom. The lowest BCUT2D eigenvalue weighted by atomic mass is 10.5. The molecule has 13 heavy (non-hydrogen) atoms. The predicted molar refractivity (Wildman–Crippen MR) is 44.1 cm³/mol. The van der Waals surface area contributed by atoms with Crippen LogP contribution in [0.1, 0.15) is 0 Å². The van der Waals surface area contributed by atoms with Gasteiger partial charge in [0.15, 0.2) is 17.0 Å². The lowest BCUT2D eigenvalue weighted by Gasteiger charge is -1.99. The number of anilines is 1. The summed E-state index contributed by atoms with van der Waals surface area (Å²) in [7, 11) is 1.71. The van der Waals surface area contributed by atoms with Crippen molar-refractivity contribution in [2.75, 3.05) is 5.43 Å². The Hall–Kier alpha value is -1.76. The summed E-state index contributed by atoms with van der Waals surface area (Å²) in [5.74, 6) is 5.32. The smallest absolute Gasteiger partial charge is 0.312 e. The van der Waals surface area contributed by atoms with Gasteiger partial charge >= 0.3 is 6.08 Å². The molecule has 2 heterocycles. The van der Waals surface area contributed by atoms with Gasteiger partial charge in [0.1, 0.15) is 0 Å². The van der Waals surface area contributed by atoms with Gasteiger partial charge in [0.25, 0.3) is 0 Å². The third-order valence-electron chi connectivity index (χ3n) is 1.67. The predicted octanol–water partition coefficient (Wildman–Crippen LogP) is -0.212. The first-order chi connectivity index (χ1) is 6.22. The van der Waals surface area contributed by atoms with Crippen molar-refractivity contribution >= 4 is 17.0 Å². The average molecular weight is 182 g/mol. The van der Waals surface area contributed by atoms with Gasteiger partial charge < -0.3 is 9.99 Å². The summed E-state index contributed by atoms with van der Waals surface area (Å²) in [6.45, 7) is 0. The van der Waals surface area contributed by atoms with Gasteiger partial charge in [-0.25, -0.2) is 10.8 Å². The van der Waals surface area contributed by atoms with Crippen molar-refractivity contribution in [1.29, 1.82) is 0 Å². The van der Waals surface area contributed by atoms with Crippen molar-refractivity contribution in [2.24, 2.45) is 12.9 Å². The number of aryl methyl sites for hydroxylation is 1. The largest absolute Gasteiger partial charge is 0.318 e. The minimum Gasteiger partial charge on any atom is -0.318 e. The van der Waals surface area contributed by atoms with E-state index in [0.29, 0.717) is 11.2 Å². The molecule has 0 aliphatic carbocycles. The van der Waals surface area contributed by atoms with E-state index >= 15 is 0 Å². The van der Waals surface area contributed by atoms with Gasteiger partial charge in [0, 0.05) is 7.05 Å². The summed E-state index contributed by atoms with van der Waals surface area (Å²) in [4.78, 5) is 11.0. The third kappa shape index (κ3) is 1.09. The molecular weight excluding hydrogens is 175 g/mol. The molecule has 0 aromatic carbocycles. The fraction of sp³-hybridized carbons (Fsp3) is 0.167. The third-order valence-corrected chi connectivity index (χ3v) is 1.67. The summed E-state index contributed by atoms with van der Waals surface area (Å²) in [6.07, 6.45) is 0.684. The molecule has 0 aliphatic heterocycles. The van der Waals surface area contributed by atoms with Crippen molar-refractivity contribution in [3.05, 3.63) is 12.4 Å². The molecule has 2 aromatic rings. The number of nitrogens with two attached hydrogens (primary N) is 1. The first-order valence-corrected chi connectivity index (χ1v) is 3.53. The van der Waals surface area contributed by atoms with Crippen LogP contribution in [0.2, 0.25) is 0 Å². The van der Waals surface area contributed by atoms with Crippen LogP contribution in [-0.2, 0) is 7.05 Å². The molecule has 0 bridgehead atoms. The van der Waals surface area contributed by atoms with Crippen LogP contribution >= 0.6 is 0 Å². The highest BCUT2D eigenvalue weighted by molar-refractivity contribution is 5.82. The normalized spacial score (nSPS) is 10.7. The van der Waals surface area contributed by atoms with E-state index in [0.717, 1.165) is 0 Å². The van der Waals surface area contributed by atoms with Crippen LogP contribution in [0, 0.1) is 6.08 Å². The summed E-state index contributed by atoms with van der Waals surface area (Å²) < 4.78 is 14.4. The molecule has 3 N–H and O–H groups in total. The highest BCUT2D eigenvalue weighted by Gasteiger charge is 2.09. The average Bonchev–Trinajstić information content (AvgIpc) is 2.47. The number of fused-ring (bicyclic) bond motifs is 1. The molecule has 2 rings (SSSR count). The lowest BCUT2D eigenvalue weighted by molar-refractivity contribution is 0.543. The van der Waals surface area contributed by atoms with E-state index in [-0.39, 0.29) is 5.82 Å². The summed E-state index contributed by atoms with van der Waals surface area (Å²) >= 11 is 0. The fourth-order valence-electron chi connectivity index (χ4n) is 1.08. The number of halogens is 1. The number of imidazole rings is 1. The highest BCUT2D eigenvalue weighted by atomic mass is 19.1. The maximum absolute atomic E-state index is 12.8. The molecule has 0 amide bonds. The standard InChI is InChI=1S/C6H7FN6/c1-13-2-9-3-4(12-8)10-6(7)11-5(3)13/h2H,8H2,1H3,(H,10,11,12). The fourth-order valence-corrected chi connectivity index (χ4v) is 1.08. The summed E-state index contributed by atoms with van der Waals surface area (Å²) in [5, 5.41) is 0. The Balaban J connectivity index is 2.84. The molecule has 0 spiro atoms. The van der Waals surface area contributed by atoms with Gasteiger partial charge in [-0.1, -0.05) is 0 Å². The molecule has 0 saturated heterocycles. The first kappa shape index (κ1) is 7.87. The summed E-state index contributed by atoms with van der Waals surface area (Å²) in [6, 6.07) is 0. The number of nitrogens with zero attached hydrogens (tertiary/aromatic N) is 4. The van der Waals surface area contributed by atoms with Crippen LogP contribution in [0.25, 0.3) is 11.2 Å². The van der Waals surface area contributed by atoms with Gasteiger partial charge in [0.2, 0.25) is 0 Å². The van der Waals surface area contributed by atoms with Crippen LogP contribution in [0.5, 0.6) is 0 Å². The Labute approximate surface area is 72.6 Å². The van der Waals surface area contributed by atoms with E-state index in [9.17, 15) is 4.39 Å². The number of nitrogen functional groups attached to an aromatic ring is 1. The number of hydrogen-bond acceptors (Lipinski definition) is 5. The van der Waals surface area contributed by atoms with E-state index < -0.39 is 6.08 Å².